The topological polar surface area (TPSA) is 35.2 Å². The van der Waals surface area contributed by atoms with Gasteiger partial charge in [-0.1, -0.05) is 24.3 Å². The van der Waals surface area contributed by atoms with Crippen molar-refractivity contribution < 1.29 is 9.13 Å². The first kappa shape index (κ1) is 13.5. The molecule has 1 aliphatic rings. The molecule has 1 heterocycles. The fourth-order valence-electron chi connectivity index (χ4n) is 2.61. The Labute approximate surface area is 122 Å². The minimum absolute atomic E-state index is 0.152. The number of methoxy groups -OCH3 is 1. The molecular weight excluding hydrogens is 273 g/mol. The number of fused-ring (bicyclic) bond motifs is 1. The molecule has 0 saturated carbocycles. The Bertz CT molecular complexity index is 632. The molecule has 4 heteroatoms. The van der Waals surface area contributed by atoms with Crippen molar-refractivity contribution in [3.05, 3.63) is 59.4 Å². The summed E-state index contributed by atoms with van der Waals surface area (Å²) in [4.78, 5) is 1.25. The fraction of sp³-hybridized carbons (Fsp3) is 0.250. The van der Waals surface area contributed by atoms with Crippen LogP contribution in [0.25, 0.3) is 0 Å². The molecular formula is C16H16FNOS. The number of hydrogen-bond donors (Lipinski definition) is 1. The van der Waals surface area contributed by atoms with E-state index >= 15 is 0 Å². The van der Waals surface area contributed by atoms with Crippen LogP contribution in [0, 0.1) is 5.82 Å². The van der Waals surface area contributed by atoms with E-state index in [9.17, 15) is 4.39 Å². The van der Waals surface area contributed by atoms with Crippen molar-refractivity contribution in [2.45, 2.75) is 16.9 Å². The highest BCUT2D eigenvalue weighted by molar-refractivity contribution is 7.99. The van der Waals surface area contributed by atoms with Gasteiger partial charge in [0.2, 0.25) is 0 Å². The van der Waals surface area contributed by atoms with Crippen LogP contribution in [-0.2, 0) is 0 Å². The fourth-order valence-corrected chi connectivity index (χ4v) is 3.91. The minimum atomic E-state index is -0.336. The summed E-state index contributed by atoms with van der Waals surface area (Å²) in [6.07, 6.45) is 0. The second kappa shape index (κ2) is 5.46. The van der Waals surface area contributed by atoms with Gasteiger partial charge in [-0.3, -0.25) is 0 Å². The summed E-state index contributed by atoms with van der Waals surface area (Å²) in [7, 11) is 1.53. The molecule has 0 fully saturated rings. The Balaban J connectivity index is 1.92. The quantitative estimate of drug-likeness (QED) is 0.935. The van der Waals surface area contributed by atoms with Gasteiger partial charge in [0, 0.05) is 34.2 Å². The van der Waals surface area contributed by atoms with Crippen LogP contribution in [0.15, 0.2) is 47.4 Å². The van der Waals surface area contributed by atoms with E-state index in [1.54, 1.807) is 23.9 Å². The first-order chi connectivity index (χ1) is 9.70. The van der Waals surface area contributed by atoms with Gasteiger partial charge in [-0.2, -0.15) is 0 Å². The van der Waals surface area contributed by atoms with Crippen LogP contribution in [-0.4, -0.2) is 12.9 Å². The van der Waals surface area contributed by atoms with Gasteiger partial charge in [0.25, 0.3) is 0 Å². The van der Waals surface area contributed by atoms with E-state index in [-0.39, 0.29) is 17.8 Å². The molecule has 2 unspecified atom stereocenters. The number of rotatable bonds is 3. The lowest BCUT2D eigenvalue weighted by Gasteiger charge is -2.21. The predicted molar refractivity (Wildman–Crippen MR) is 79.8 cm³/mol. The molecule has 104 valence electrons. The molecule has 0 radical (unpaired) electrons. The Morgan fingerprint density at radius 1 is 1.30 bits per heavy atom. The molecule has 0 aromatic heterocycles. The van der Waals surface area contributed by atoms with Gasteiger partial charge in [-0.05, 0) is 17.7 Å². The van der Waals surface area contributed by atoms with E-state index in [4.69, 9.17) is 10.5 Å². The van der Waals surface area contributed by atoms with Gasteiger partial charge in [-0.25, -0.2) is 4.39 Å². The average molecular weight is 289 g/mol. The molecule has 0 spiro atoms. The summed E-state index contributed by atoms with van der Waals surface area (Å²) in [6, 6.07) is 12.7. The third-order valence-corrected chi connectivity index (χ3v) is 4.95. The zero-order chi connectivity index (χ0) is 14.1. The Hall–Kier alpha value is -1.52. The molecule has 1 aliphatic heterocycles. The van der Waals surface area contributed by atoms with E-state index in [1.807, 2.05) is 12.1 Å². The first-order valence-corrected chi connectivity index (χ1v) is 7.50. The van der Waals surface area contributed by atoms with Crippen molar-refractivity contribution in [2.24, 2.45) is 5.73 Å². The van der Waals surface area contributed by atoms with E-state index in [1.165, 1.54) is 23.6 Å². The third kappa shape index (κ3) is 2.30. The number of halogens is 1. The normalized spacial score (nSPS) is 18.6. The minimum Gasteiger partial charge on any atom is -0.497 e. The number of benzene rings is 2. The third-order valence-electron chi connectivity index (χ3n) is 3.74. The standard InChI is InChI=1S/C16H16FNOS/c1-19-10-6-7-12(14(17)8-10)16(18)13-9-20-15-5-3-2-4-11(13)15/h2-8,13,16H,9,18H2,1H3. The zero-order valence-electron chi connectivity index (χ0n) is 11.2. The van der Waals surface area contributed by atoms with Crippen LogP contribution in [0.5, 0.6) is 5.75 Å². The molecule has 0 amide bonds. The second-order valence-electron chi connectivity index (χ2n) is 4.87. The predicted octanol–water partition coefficient (Wildman–Crippen LogP) is 3.72. The van der Waals surface area contributed by atoms with Crippen LogP contribution in [0.1, 0.15) is 23.1 Å². The summed E-state index contributed by atoms with van der Waals surface area (Å²) < 4.78 is 19.2. The van der Waals surface area contributed by atoms with E-state index in [0.29, 0.717) is 11.3 Å². The molecule has 2 N–H and O–H groups in total. The molecule has 2 aromatic rings. The van der Waals surface area contributed by atoms with Crippen molar-refractivity contribution in [3.63, 3.8) is 0 Å². The van der Waals surface area contributed by atoms with Crippen LogP contribution < -0.4 is 10.5 Å². The van der Waals surface area contributed by atoms with Crippen molar-refractivity contribution in [3.8, 4) is 5.75 Å². The SMILES string of the molecule is COc1ccc(C(N)C2CSc3ccccc32)c(F)c1. The number of hydrogen-bond acceptors (Lipinski definition) is 3. The van der Waals surface area contributed by atoms with Crippen LogP contribution in [0.3, 0.4) is 0 Å². The summed E-state index contributed by atoms with van der Waals surface area (Å²) in [6.45, 7) is 0. The highest BCUT2D eigenvalue weighted by Gasteiger charge is 2.30. The average Bonchev–Trinajstić information content (AvgIpc) is 2.90. The van der Waals surface area contributed by atoms with E-state index < -0.39 is 0 Å². The maximum atomic E-state index is 14.2. The molecule has 3 rings (SSSR count). The highest BCUT2D eigenvalue weighted by atomic mass is 32.2. The monoisotopic (exact) mass is 289 g/mol. The highest BCUT2D eigenvalue weighted by Crippen LogP contribution is 2.45. The van der Waals surface area contributed by atoms with Gasteiger partial charge in [-0.15, -0.1) is 11.8 Å². The molecule has 0 bridgehead atoms. The van der Waals surface area contributed by atoms with Crippen molar-refractivity contribution in [2.75, 3.05) is 12.9 Å². The largest absolute Gasteiger partial charge is 0.497 e. The lowest BCUT2D eigenvalue weighted by molar-refractivity contribution is 0.409. The Kier molecular flexibility index (Phi) is 3.68. The van der Waals surface area contributed by atoms with Gasteiger partial charge >= 0.3 is 0 Å². The van der Waals surface area contributed by atoms with Crippen molar-refractivity contribution in [1.82, 2.24) is 0 Å². The summed E-state index contributed by atoms with van der Waals surface area (Å²) in [5, 5.41) is 0. The van der Waals surface area contributed by atoms with E-state index in [0.717, 1.165) is 5.75 Å². The van der Waals surface area contributed by atoms with Crippen LogP contribution in [0.4, 0.5) is 4.39 Å². The summed E-state index contributed by atoms with van der Waals surface area (Å²) in [5.74, 6) is 1.26. The molecule has 0 saturated heterocycles. The number of nitrogens with two attached hydrogens (primary N) is 1. The van der Waals surface area contributed by atoms with Crippen LogP contribution in [0.2, 0.25) is 0 Å². The lowest BCUT2D eigenvalue weighted by Crippen LogP contribution is -2.21. The van der Waals surface area contributed by atoms with Crippen LogP contribution >= 0.6 is 11.8 Å². The Morgan fingerprint density at radius 3 is 2.85 bits per heavy atom. The number of ether oxygens (including phenoxy) is 1. The molecule has 2 nitrogen and oxygen atoms in total. The smallest absolute Gasteiger partial charge is 0.131 e. The Morgan fingerprint density at radius 2 is 2.10 bits per heavy atom. The van der Waals surface area contributed by atoms with Gasteiger partial charge in [0.15, 0.2) is 0 Å². The molecule has 2 atom stereocenters. The van der Waals surface area contributed by atoms with E-state index in [2.05, 4.69) is 12.1 Å². The zero-order valence-corrected chi connectivity index (χ0v) is 12.0. The van der Waals surface area contributed by atoms with Gasteiger partial charge < -0.3 is 10.5 Å². The second-order valence-corrected chi connectivity index (χ2v) is 5.93. The summed E-state index contributed by atoms with van der Waals surface area (Å²) >= 11 is 1.79. The molecule has 0 aliphatic carbocycles. The van der Waals surface area contributed by atoms with Crippen molar-refractivity contribution >= 4 is 11.8 Å². The first-order valence-electron chi connectivity index (χ1n) is 6.51. The molecule has 20 heavy (non-hydrogen) atoms. The maximum Gasteiger partial charge on any atom is 0.131 e. The molecule has 2 aromatic carbocycles. The van der Waals surface area contributed by atoms with Gasteiger partial charge in [0.05, 0.1) is 7.11 Å². The van der Waals surface area contributed by atoms with Gasteiger partial charge in [0.1, 0.15) is 11.6 Å². The van der Waals surface area contributed by atoms with Crippen molar-refractivity contribution in [1.29, 1.82) is 0 Å². The maximum absolute atomic E-state index is 14.2. The lowest BCUT2D eigenvalue weighted by atomic mass is 9.89. The number of thioether (sulfide) groups is 1. The summed E-state index contributed by atoms with van der Waals surface area (Å²) in [5.41, 5.74) is 8.08.